The third-order valence-corrected chi connectivity index (χ3v) is 3.49. The molecule has 1 heterocycles. The number of methoxy groups -OCH3 is 1. The summed E-state index contributed by atoms with van der Waals surface area (Å²) < 4.78 is 4.89. The molecule has 17 heavy (non-hydrogen) atoms. The van der Waals surface area contributed by atoms with Crippen LogP contribution in [-0.2, 0) is 9.53 Å². The standard InChI is InChI=1S/C14H19NO2/c1-10-3-5-11(6-4-10)12-7-8-15-9-13(12)14(16)17-2/h3-6,12-13,15H,7-9H2,1-2H3. The van der Waals surface area contributed by atoms with E-state index in [1.807, 2.05) is 0 Å². The molecule has 3 heteroatoms. The molecular weight excluding hydrogens is 214 g/mol. The molecule has 0 aliphatic carbocycles. The molecule has 0 amide bonds. The molecule has 1 fully saturated rings. The van der Waals surface area contributed by atoms with Gasteiger partial charge in [0.15, 0.2) is 0 Å². The number of rotatable bonds is 2. The number of hydrogen-bond donors (Lipinski definition) is 1. The number of ether oxygens (including phenoxy) is 1. The van der Waals surface area contributed by atoms with Gasteiger partial charge in [0, 0.05) is 6.54 Å². The molecule has 0 spiro atoms. The molecule has 2 rings (SSSR count). The van der Waals surface area contributed by atoms with Gasteiger partial charge in [-0.15, -0.1) is 0 Å². The van der Waals surface area contributed by atoms with Crippen LogP contribution in [0.3, 0.4) is 0 Å². The van der Waals surface area contributed by atoms with Gasteiger partial charge in [-0.25, -0.2) is 0 Å². The van der Waals surface area contributed by atoms with Crippen molar-refractivity contribution in [3.63, 3.8) is 0 Å². The third kappa shape index (κ3) is 2.67. The number of carbonyl (C=O) groups excluding carboxylic acids is 1. The molecule has 1 aliphatic heterocycles. The number of hydrogen-bond acceptors (Lipinski definition) is 3. The molecule has 1 saturated heterocycles. The Labute approximate surface area is 102 Å². The maximum Gasteiger partial charge on any atom is 0.310 e. The lowest BCUT2D eigenvalue weighted by Crippen LogP contribution is -2.40. The third-order valence-electron chi connectivity index (χ3n) is 3.49. The number of carbonyl (C=O) groups is 1. The smallest absolute Gasteiger partial charge is 0.310 e. The molecule has 0 bridgehead atoms. The molecule has 1 N–H and O–H groups in total. The Morgan fingerprint density at radius 1 is 1.35 bits per heavy atom. The fourth-order valence-corrected chi connectivity index (χ4v) is 2.47. The molecule has 1 aromatic rings. The Morgan fingerprint density at radius 3 is 2.71 bits per heavy atom. The van der Waals surface area contributed by atoms with E-state index in [1.165, 1.54) is 18.2 Å². The second kappa shape index (κ2) is 5.32. The van der Waals surface area contributed by atoms with E-state index in [1.54, 1.807) is 0 Å². The number of aryl methyl sites for hydroxylation is 1. The Balaban J connectivity index is 2.21. The van der Waals surface area contributed by atoms with Gasteiger partial charge >= 0.3 is 5.97 Å². The zero-order valence-corrected chi connectivity index (χ0v) is 10.4. The van der Waals surface area contributed by atoms with E-state index in [9.17, 15) is 4.79 Å². The predicted octanol–water partition coefficient (Wildman–Crippen LogP) is 1.86. The van der Waals surface area contributed by atoms with Crippen molar-refractivity contribution in [1.29, 1.82) is 0 Å². The molecule has 1 aromatic carbocycles. The minimum Gasteiger partial charge on any atom is -0.469 e. The fraction of sp³-hybridized carbons (Fsp3) is 0.500. The van der Waals surface area contributed by atoms with E-state index >= 15 is 0 Å². The van der Waals surface area contributed by atoms with Crippen molar-refractivity contribution in [2.45, 2.75) is 19.3 Å². The number of benzene rings is 1. The van der Waals surface area contributed by atoms with Crippen LogP contribution in [0, 0.1) is 12.8 Å². The van der Waals surface area contributed by atoms with Crippen LogP contribution in [0.25, 0.3) is 0 Å². The van der Waals surface area contributed by atoms with Crippen molar-refractivity contribution in [2.24, 2.45) is 5.92 Å². The molecule has 0 aromatic heterocycles. The lowest BCUT2D eigenvalue weighted by molar-refractivity contribution is -0.146. The monoisotopic (exact) mass is 233 g/mol. The average Bonchev–Trinajstić information content (AvgIpc) is 2.39. The van der Waals surface area contributed by atoms with Crippen LogP contribution in [-0.4, -0.2) is 26.2 Å². The van der Waals surface area contributed by atoms with Crippen LogP contribution in [0.5, 0.6) is 0 Å². The average molecular weight is 233 g/mol. The summed E-state index contributed by atoms with van der Waals surface area (Å²) >= 11 is 0. The molecule has 3 nitrogen and oxygen atoms in total. The van der Waals surface area contributed by atoms with Crippen molar-refractivity contribution < 1.29 is 9.53 Å². The molecule has 92 valence electrons. The highest BCUT2D eigenvalue weighted by atomic mass is 16.5. The lowest BCUT2D eigenvalue weighted by atomic mass is 9.81. The Kier molecular flexibility index (Phi) is 3.79. The van der Waals surface area contributed by atoms with Gasteiger partial charge in [-0.1, -0.05) is 29.8 Å². The van der Waals surface area contributed by atoms with Crippen molar-refractivity contribution in [1.82, 2.24) is 5.32 Å². The predicted molar refractivity (Wildman–Crippen MR) is 66.9 cm³/mol. The minimum absolute atomic E-state index is 0.0588. The summed E-state index contributed by atoms with van der Waals surface area (Å²) in [6.45, 7) is 3.75. The molecular formula is C14H19NO2. The van der Waals surface area contributed by atoms with E-state index in [2.05, 4.69) is 36.5 Å². The van der Waals surface area contributed by atoms with Crippen LogP contribution >= 0.6 is 0 Å². The highest BCUT2D eigenvalue weighted by Gasteiger charge is 2.32. The van der Waals surface area contributed by atoms with Gasteiger partial charge in [0.25, 0.3) is 0 Å². The summed E-state index contributed by atoms with van der Waals surface area (Å²) in [7, 11) is 1.46. The summed E-state index contributed by atoms with van der Waals surface area (Å²) in [6.07, 6.45) is 0.989. The first-order chi connectivity index (χ1) is 8.22. The first-order valence-corrected chi connectivity index (χ1v) is 6.07. The molecule has 1 aliphatic rings. The van der Waals surface area contributed by atoms with Crippen LogP contribution in [0.2, 0.25) is 0 Å². The largest absolute Gasteiger partial charge is 0.469 e. The summed E-state index contributed by atoms with van der Waals surface area (Å²) in [5.74, 6) is 0.114. The Bertz CT molecular complexity index is 386. The van der Waals surface area contributed by atoms with Crippen LogP contribution in [0.15, 0.2) is 24.3 Å². The normalized spacial score (nSPS) is 24.4. The van der Waals surface area contributed by atoms with Gasteiger partial charge in [-0.3, -0.25) is 4.79 Å². The molecule has 2 atom stereocenters. The molecule has 2 unspecified atom stereocenters. The van der Waals surface area contributed by atoms with E-state index in [4.69, 9.17) is 4.74 Å². The zero-order chi connectivity index (χ0) is 12.3. The quantitative estimate of drug-likeness (QED) is 0.792. The lowest BCUT2D eigenvalue weighted by Gasteiger charge is -2.30. The van der Waals surface area contributed by atoms with Gasteiger partial charge in [-0.2, -0.15) is 0 Å². The number of esters is 1. The van der Waals surface area contributed by atoms with E-state index < -0.39 is 0 Å². The first kappa shape index (κ1) is 12.1. The highest BCUT2D eigenvalue weighted by Crippen LogP contribution is 2.31. The van der Waals surface area contributed by atoms with Gasteiger partial charge in [0.1, 0.15) is 0 Å². The SMILES string of the molecule is COC(=O)C1CNCCC1c1ccc(C)cc1. The minimum atomic E-state index is -0.109. The Morgan fingerprint density at radius 2 is 2.06 bits per heavy atom. The zero-order valence-electron chi connectivity index (χ0n) is 10.4. The van der Waals surface area contributed by atoms with Gasteiger partial charge in [-0.05, 0) is 31.4 Å². The fourth-order valence-electron chi connectivity index (χ4n) is 2.47. The second-order valence-electron chi connectivity index (χ2n) is 4.64. The summed E-state index contributed by atoms with van der Waals surface area (Å²) in [6, 6.07) is 8.46. The number of nitrogens with one attached hydrogen (secondary N) is 1. The Hall–Kier alpha value is -1.35. The van der Waals surface area contributed by atoms with E-state index in [0.717, 1.165) is 13.0 Å². The maximum absolute atomic E-state index is 11.8. The van der Waals surface area contributed by atoms with Gasteiger partial charge in [0.2, 0.25) is 0 Å². The molecule has 0 radical (unpaired) electrons. The molecule has 0 saturated carbocycles. The van der Waals surface area contributed by atoms with Crippen molar-refractivity contribution >= 4 is 5.97 Å². The maximum atomic E-state index is 11.8. The van der Waals surface area contributed by atoms with Crippen molar-refractivity contribution in [3.05, 3.63) is 35.4 Å². The van der Waals surface area contributed by atoms with Crippen LogP contribution in [0.1, 0.15) is 23.5 Å². The van der Waals surface area contributed by atoms with Crippen molar-refractivity contribution in [3.8, 4) is 0 Å². The van der Waals surface area contributed by atoms with Gasteiger partial charge < -0.3 is 10.1 Å². The van der Waals surface area contributed by atoms with Crippen LogP contribution < -0.4 is 5.32 Å². The second-order valence-corrected chi connectivity index (χ2v) is 4.64. The topological polar surface area (TPSA) is 38.3 Å². The summed E-state index contributed by atoms with van der Waals surface area (Å²) in [5, 5.41) is 3.26. The van der Waals surface area contributed by atoms with Crippen LogP contribution in [0.4, 0.5) is 0 Å². The van der Waals surface area contributed by atoms with E-state index in [-0.39, 0.29) is 17.8 Å². The van der Waals surface area contributed by atoms with E-state index in [0.29, 0.717) is 6.54 Å². The highest BCUT2D eigenvalue weighted by molar-refractivity contribution is 5.74. The first-order valence-electron chi connectivity index (χ1n) is 6.07. The summed E-state index contributed by atoms with van der Waals surface area (Å²) in [4.78, 5) is 11.8. The summed E-state index contributed by atoms with van der Waals surface area (Å²) in [5.41, 5.74) is 2.49. The van der Waals surface area contributed by atoms with Gasteiger partial charge in [0.05, 0.1) is 13.0 Å². The number of piperidine rings is 1. The van der Waals surface area contributed by atoms with Crippen molar-refractivity contribution in [2.75, 3.05) is 20.2 Å².